The minimum atomic E-state index is -0.199. The zero-order valence-electron chi connectivity index (χ0n) is 11.7. The Hall–Kier alpha value is -0.610. The van der Waals surface area contributed by atoms with Crippen LogP contribution in [0.25, 0.3) is 0 Å². The lowest BCUT2D eigenvalue weighted by Gasteiger charge is -2.03. The van der Waals surface area contributed by atoms with Gasteiger partial charge in [-0.1, -0.05) is 58.3 Å². The zero-order valence-corrected chi connectivity index (χ0v) is 11.7. The van der Waals surface area contributed by atoms with E-state index in [-0.39, 0.29) is 19.2 Å². The second-order valence-corrected chi connectivity index (χ2v) is 4.63. The molecule has 0 saturated heterocycles. The molecule has 0 atom stereocenters. The van der Waals surface area contributed by atoms with Gasteiger partial charge in [0.15, 0.2) is 0 Å². The third-order valence-corrected chi connectivity index (χ3v) is 2.92. The quantitative estimate of drug-likeness (QED) is 0.236. The first-order chi connectivity index (χ1) is 8.81. The molecule has 18 heavy (non-hydrogen) atoms. The summed E-state index contributed by atoms with van der Waals surface area (Å²) in [5.41, 5.74) is 0. The number of rotatable bonds is 13. The maximum absolute atomic E-state index is 11.2. The summed E-state index contributed by atoms with van der Waals surface area (Å²) in [7, 11) is 0. The van der Waals surface area contributed by atoms with Crippen molar-refractivity contribution in [1.29, 1.82) is 0 Å². The average Bonchev–Trinajstić information content (AvgIpc) is 2.37. The standard InChI is InChI=1S/C14H28O4/c1-2-3-4-5-6-7-8-9-10-11-14(15)17-12-13-18-16/h16H,2-13H2,1H3. The van der Waals surface area contributed by atoms with Crippen LogP contribution in [0.2, 0.25) is 0 Å². The monoisotopic (exact) mass is 260 g/mol. The fraction of sp³-hybridized carbons (Fsp3) is 0.929. The Labute approximate surface area is 111 Å². The normalized spacial score (nSPS) is 10.6. The Morgan fingerprint density at radius 2 is 1.44 bits per heavy atom. The van der Waals surface area contributed by atoms with Crippen molar-refractivity contribution in [2.75, 3.05) is 13.2 Å². The highest BCUT2D eigenvalue weighted by molar-refractivity contribution is 5.69. The molecule has 0 rings (SSSR count). The largest absolute Gasteiger partial charge is 0.463 e. The van der Waals surface area contributed by atoms with E-state index in [2.05, 4.69) is 11.8 Å². The highest BCUT2D eigenvalue weighted by atomic mass is 17.1. The molecule has 1 N–H and O–H groups in total. The number of carbonyl (C=O) groups excluding carboxylic acids is 1. The van der Waals surface area contributed by atoms with Gasteiger partial charge in [0.1, 0.15) is 13.2 Å². The first-order valence-electron chi connectivity index (χ1n) is 7.23. The molecule has 0 heterocycles. The van der Waals surface area contributed by atoms with Crippen LogP contribution in [0.15, 0.2) is 0 Å². The van der Waals surface area contributed by atoms with Gasteiger partial charge in [-0.2, -0.15) is 0 Å². The third kappa shape index (κ3) is 13.5. The minimum absolute atomic E-state index is 0.0451. The SMILES string of the molecule is CCCCCCCCCCCC(=O)OCCOO. The first-order valence-corrected chi connectivity index (χ1v) is 7.23. The van der Waals surface area contributed by atoms with Gasteiger partial charge >= 0.3 is 5.97 Å². The summed E-state index contributed by atoms with van der Waals surface area (Å²) in [4.78, 5) is 15.0. The fourth-order valence-corrected chi connectivity index (χ4v) is 1.84. The van der Waals surface area contributed by atoms with Gasteiger partial charge in [0.05, 0.1) is 0 Å². The van der Waals surface area contributed by atoms with Gasteiger partial charge in [0, 0.05) is 6.42 Å². The zero-order chi connectivity index (χ0) is 13.5. The predicted octanol–water partition coefficient (Wildman–Crippen LogP) is 3.94. The van der Waals surface area contributed by atoms with E-state index in [4.69, 9.17) is 9.99 Å². The Morgan fingerprint density at radius 1 is 0.889 bits per heavy atom. The number of hydrogen-bond acceptors (Lipinski definition) is 4. The summed E-state index contributed by atoms with van der Waals surface area (Å²) in [6.45, 7) is 2.40. The molecule has 0 aliphatic heterocycles. The van der Waals surface area contributed by atoms with Crippen LogP contribution in [0.4, 0.5) is 0 Å². The number of carbonyl (C=O) groups is 1. The molecule has 0 aromatic carbocycles. The maximum Gasteiger partial charge on any atom is 0.305 e. The maximum atomic E-state index is 11.2. The molecule has 0 radical (unpaired) electrons. The summed E-state index contributed by atoms with van der Waals surface area (Å²) in [5, 5.41) is 8.04. The van der Waals surface area contributed by atoms with Crippen molar-refractivity contribution in [3.8, 4) is 0 Å². The number of hydrogen-bond donors (Lipinski definition) is 1. The summed E-state index contributed by atoms with van der Waals surface area (Å²) >= 11 is 0. The van der Waals surface area contributed by atoms with Crippen molar-refractivity contribution in [3.63, 3.8) is 0 Å². The molecule has 0 spiro atoms. The number of esters is 1. The lowest BCUT2D eigenvalue weighted by molar-refractivity contribution is -0.248. The molecule has 4 nitrogen and oxygen atoms in total. The summed E-state index contributed by atoms with van der Waals surface area (Å²) < 4.78 is 4.83. The summed E-state index contributed by atoms with van der Waals surface area (Å²) in [6, 6.07) is 0. The van der Waals surface area contributed by atoms with Crippen LogP contribution in [0.3, 0.4) is 0 Å². The molecular weight excluding hydrogens is 232 g/mol. The molecule has 0 aliphatic rings. The van der Waals surface area contributed by atoms with Gasteiger partial charge in [-0.3, -0.25) is 10.1 Å². The molecular formula is C14H28O4. The highest BCUT2D eigenvalue weighted by Gasteiger charge is 2.02. The molecule has 0 amide bonds. The molecule has 0 saturated carbocycles. The lowest BCUT2D eigenvalue weighted by atomic mass is 10.1. The molecule has 0 fully saturated rings. The van der Waals surface area contributed by atoms with Crippen LogP contribution in [0.5, 0.6) is 0 Å². The van der Waals surface area contributed by atoms with Crippen molar-refractivity contribution in [3.05, 3.63) is 0 Å². The molecule has 0 aliphatic carbocycles. The van der Waals surface area contributed by atoms with E-state index < -0.39 is 0 Å². The molecule has 0 aromatic heterocycles. The van der Waals surface area contributed by atoms with E-state index in [0.717, 1.165) is 12.8 Å². The van der Waals surface area contributed by atoms with E-state index in [1.807, 2.05) is 0 Å². The molecule has 0 unspecified atom stereocenters. The second kappa shape index (κ2) is 14.5. The van der Waals surface area contributed by atoms with Crippen LogP contribution in [-0.2, 0) is 14.4 Å². The molecule has 0 aromatic rings. The topological polar surface area (TPSA) is 55.8 Å². The van der Waals surface area contributed by atoms with Crippen LogP contribution in [0.1, 0.15) is 71.1 Å². The lowest BCUT2D eigenvalue weighted by Crippen LogP contribution is -2.09. The van der Waals surface area contributed by atoms with Crippen molar-refractivity contribution in [1.82, 2.24) is 0 Å². The van der Waals surface area contributed by atoms with Gasteiger partial charge in [0.2, 0.25) is 0 Å². The Bertz CT molecular complexity index is 183. The van der Waals surface area contributed by atoms with Gasteiger partial charge in [-0.25, -0.2) is 4.89 Å². The van der Waals surface area contributed by atoms with Gasteiger partial charge in [-0.05, 0) is 6.42 Å². The van der Waals surface area contributed by atoms with Gasteiger partial charge in [-0.15, -0.1) is 0 Å². The van der Waals surface area contributed by atoms with E-state index in [0.29, 0.717) is 6.42 Å². The molecule has 108 valence electrons. The van der Waals surface area contributed by atoms with Crippen LogP contribution in [0, 0.1) is 0 Å². The van der Waals surface area contributed by atoms with Crippen LogP contribution < -0.4 is 0 Å². The van der Waals surface area contributed by atoms with E-state index in [9.17, 15) is 4.79 Å². The second-order valence-electron chi connectivity index (χ2n) is 4.63. The minimum Gasteiger partial charge on any atom is -0.463 e. The number of unbranched alkanes of at least 4 members (excludes halogenated alkanes) is 8. The van der Waals surface area contributed by atoms with E-state index >= 15 is 0 Å². The van der Waals surface area contributed by atoms with Crippen molar-refractivity contribution in [2.24, 2.45) is 0 Å². The summed E-state index contributed by atoms with van der Waals surface area (Å²) in [6.07, 6.45) is 11.6. The van der Waals surface area contributed by atoms with Crippen molar-refractivity contribution in [2.45, 2.75) is 71.1 Å². The first kappa shape index (κ1) is 17.4. The van der Waals surface area contributed by atoms with Crippen molar-refractivity contribution >= 4 is 5.97 Å². The fourth-order valence-electron chi connectivity index (χ4n) is 1.84. The van der Waals surface area contributed by atoms with Crippen LogP contribution >= 0.6 is 0 Å². The predicted molar refractivity (Wildman–Crippen MR) is 71.4 cm³/mol. The highest BCUT2D eigenvalue weighted by Crippen LogP contribution is 2.10. The third-order valence-electron chi connectivity index (χ3n) is 2.92. The smallest absolute Gasteiger partial charge is 0.305 e. The Balaban J connectivity index is 3.08. The average molecular weight is 260 g/mol. The van der Waals surface area contributed by atoms with E-state index in [1.165, 1.54) is 44.9 Å². The van der Waals surface area contributed by atoms with Crippen LogP contribution in [-0.4, -0.2) is 24.4 Å². The molecule has 0 bridgehead atoms. The number of ether oxygens (including phenoxy) is 1. The van der Waals surface area contributed by atoms with E-state index in [1.54, 1.807) is 0 Å². The summed E-state index contributed by atoms with van der Waals surface area (Å²) in [5.74, 6) is -0.199. The Kier molecular flexibility index (Phi) is 14.0. The van der Waals surface area contributed by atoms with Crippen molar-refractivity contribution < 1.29 is 19.7 Å². The van der Waals surface area contributed by atoms with Gasteiger partial charge in [0.25, 0.3) is 0 Å². The van der Waals surface area contributed by atoms with Gasteiger partial charge < -0.3 is 4.74 Å². The Morgan fingerprint density at radius 3 is 2.00 bits per heavy atom. The molecule has 4 heteroatoms.